The fourth-order valence-electron chi connectivity index (χ4n) is 2.39. The average molecular weight is 361 g/mol. The molecule has 1 aliphatic carbocycles. The standard InChI is InChI=1S/C15H19BrClNO2/c16-14-10-11(17)6-7-13(14)15(19)18-8-9-20-12-4-2-1-3-5-12/h6-7,10,12H,1-5,8-9H2,(H,18,19). The van der Waals surface area contributed by atoms with Crippen molar-refractivity contribution in [1.82, 2.24) is 5.32 Å². The third-order valence-corrected chi connectivity index (χ3v) is 4.36. The van der Waals surface area contributed by atoms with Crippen molar-refractivity contribution in [3.05, 3.63) is 33.3 Å². The maximum absolute atomic E-state index is 12.0. The van der Waals surface area contributed by atoms with E-state index in [4.69, 9.17) is 16.3 Å². The summed E-state index contributed by atoms with van der Waals surface area (Å²) in [5, 5.41) is 3.47. The zero-order valence-electron chi connectivity index (χ0n) is 11.3. The summed E-state index contributed by atoms with van der Waals surface area (Å²) < 4.78 is 6.48. The highest BCUT2D eigenvalue weighted by Gasteiger charge is 2.14. The number of halogens is 2. The van der Waals surface area contributed by atoms with Crippen molar-refractivity contribution < 1.29 is 9.53 Å². The van der Waals surface area contributed by atoms with Crippen LogP contribution in [0, 0.1) is 0 Å². The fraction of sp³-hybridized carbons (Fsp3) is 0.533. The van der Waals surface area contributed by atoms with E-state index in [0.717, 1.165) is 12.8 Å². The molecule has 0 spiro atoms. The number of nitrogens with one attached hydrogen (secondary N) is 1. The van der Waals surface area contributed by atoms with Gasteiger partial charge in [0.05, 0.1) is 18.3 Å². The highest BCUT2D eigenvalue weighted by Crippen LogP contribution is 2.21. The first kappa shape index (κ1) is 15.8. The molecule has 5 heteroatoms. The van der Waals surface area contributed by atoms with E-state index < -0.39 is 0 Å². The normalized spacial score (nSPS) is 16.1. The minimum absolute atomic E-state index is 0.110. The Hall–Kier alpha value is -0.580. The molecule has 1 saturated carbocycles. The van der Waals surface area contributed by atoms with Crippen LogP contribution in [-0.2, 0) is 4.74 Å². The van der Waals surface area contributed by atoms with Crippen LogP contribution in [0.4, 0.5) is 0 Å². The number of benzene rings is 1. The Kier molecular flexibility index (Phi) is 6.33. The van der Waals surface area contributed by atoms with E-state index in [9.17, 15) is 4.79 Å². The predicted molar refractivity (Wildman–Crippen MR) is 84.3 cm³/mol. The van der Waals surface area contributed by atoms with Gasteiger partial charge in [0, 0.05) is 16.0 Å². The van der Waals surface area contributed by atoms with E-state index in [0.29, 0.717) is 34.3 Å². The van der Waals surface area contributed by atoms with Crippen molar-refractivity contribution in [2.45, 2.75) is 38.2 Å². The van der Waals surface area contributed by atoms with Crippen molar-refractivity contribution in [3.63, 3.8) is 0 Å². The van der Waals surface area contributed by atoms with Gasteiger partial charge in [0.1, 0.15) is 0 Å². The number of carbonyl (C=O) groups is 1. The number of carbonyl (C=O) groups excluding carboxylic acids is 1. The van der Waals surface area contributed by atoms with Gasteiger partial charge >= 0.3 is 0 Å². The molecular formula is C15H19BrClNO2. The molecule has 0 aliphatic heterocycles. The van der Waals surface area contributed by atoms with Crippen LogP contribution in [0.2, 0.25) is 5.02 Å². The Morgan fingerprint density at radius 1 is 1.35 bits per heavy atom. The molecule has 1 fully saturated rings. The number of ether oxygens (including phenoxy) is 1. The average Bonchev–Trinajstić information content (AvgIpc) is 2.44. The van der Waals surface area contributed by atoms with Gasteiger partial charge < -0.3 is 10.1 Å². The third kappa shape index (κ3) is 4.76. The summed E-state index contributed by atoms with van der Waals surface area (Å²) in [7, 11) is 0. The molecule has 110 valence electrons. The lowest BCUT2D eigenvalue weighted by Crippen LogP contribution is -2.29. The van der Waals surface area contributed by atoms with Crippen molar-refractivity contribution in [2.24, 2.45) is 0 Å². The van der Waals surface area contributed by atoms with Crippen LogP contribution in [0.1, 0.15) is 42.5 Å². The van der Waals surface area contributed by atoms with Gasteiger partial charge in [-0.2, -0.15) is 0 Å². The van der Waals surface area contributed by atoms with Gasteiger partial charge in [0.15, 0.2) is 0 Å². The molecule has 1 amide bonds. The Labute approximate surface area is 133 Å². The third-order valence-electron chi connectivity index (χ3n) is 3.47. The van der Waals surface area contributed by atoms with E-state index in [1.54, 1.807) is 18.2 Å². The van der Waals surface area contributed by atoms with Crippen molar-refractivity contribution in [2.75, 3.05) is 13.2 Å². The molecule has 1 aromatic rings. The predicted octanol–water partition coefficient (Wildman–Crippen LogP) is 4.18. The van der Waals surface area contributed by atoms with Crippen LogP contribution in [-0.4, -0.2) is 25.2 Å². The number of rotatable bonds is 5. The Bertz CT molecular complexity index is 461. The summed E-state index contributed by atoms with van der Waals surface area (Å²) in [6.07, 6.45) is 6.51. The van der Waals surface area contributed by atoms with Crippen LogP contribution < -0.4 is 5.32 Å². The van der Waals surface area contributed by atoms with Gasteiger partial charge in [-0.3, -0.25) is 4.79 Å². The van der Waals surface area contributed by atoms with Gasteiger partial charge in [-0.25, -0.2) is 0 Å². The largest absolute Gasteiger partial charge is 0.376 e. The number of hydrogen-bond acceptors (Lipinski definition) is 2. The van der Waals surface area contributed by atoms with Gasteiger partial charge in [-0.05, 0) is 47.0 Å². The first-order chi connectivity index (χ1) is 9.66. The Balaban J connectivity index is 1.72. The maximum atomic E-state index is 12.0. The summed E-state index contributed by atoms with van der Waals surface area (Å²) >= 11 is 9.20. The molecule has 0 saturated heterocycles. The summed E-state index contributed by atoms with van der Waals surface area (Å²) in [5.74, 6) is -0.110. The van der Waals surface area contributed by atoms with Crippen LogP contribution in [0.5, 0.6) is 0 Å². The van der Waals surface area contributed by atoms with Crippen LogP contribution in [0.15, 0.2) is 22.7 Å². The molecule has 1 N–H and O–H groups in total. The first-order valence-electron chi connectivity index (χ1n) is 7.01. The highest BCUT2D eigenvalue weighted by atomic mass is 79.9. The molecule has 1 aliphatic rings. The van der Waals surface area contributed by atoms with Crippen LogP contribution >= 0.6 is 27.5 Å². The minimum Gasteiger partial charge on any atom is -0.376 e. The summed E-state index contributed by atoms with van der Waals surface area (Å²) in [4.78, 5) is 12.0. The molecule has 0 bridgehead atoms. The second-order valence-electron chi connectivity index (χ2n) is 5.01. The maximum Gasteiger partial charge on any atom is 0.252 e. The second-order valence-corrected chi connectivity index (χ2v) is 6.30. The van der Waals surface area contributed by atoms with E-state index in [-0.39, 0.29) is 5.91 Å². The molecule has 0 unspecified atom stereocenters. The van der Waals surface area contributed by atoms with Gasteiger partial charge in [-0.1, -0.05) is 30.9 Å². The summed E-state index contributed by atoms with van der Waals surface area (Å²) in [5.41, 5.74) is 0.590. The zero-order chi connectivity index (χ0) is 14.4. The van der Waals surface area contributed by atoms with E-state index in [1.807, 2.05) is 0 Å². The van der Waals surface area contributed by atoms with E-state index in [2.05, 4.69) is 21.2 Å². The molecule has 0 atom stereocenters. The molecule has 0 radical (unpaired) electrons. The lowest BCUT2D eigenvalue weighted by Gasteiger charge is -2.22. The topological polar surface area (TPSA) is 38.3 Å². The van der Waals surface area contributed by atoms with Gasteiger partial charge in [-0.15, -0.1) is 0 Å². The van der Waals surface area contributed by atoms with Gasteiger partial charge in [0.25, 0.3) is 5.91 Å². The van der Waals surface area contributed by atoms with E-state index >= 15 is 0 Å². The number of hydrogen-bond donors (Lipinski definition) is 1. The smallest absolute Gasteiger partial charge is 0.252 e. The molecule has 3 nitrogen and oxygen atoms in total. The summed E-state index contributed by atoms with van der Waals surface area (Å²) in [6, 6.07) is 5.14. The van der Waals surface area contributed by atoms with Crippen LogP contribution in [0.3, 0.4) is 0 Å². The minimum atomic E-state index is -0.110. The monoisotopic (exact) mass is 359 g/mol. The lowest BCUT2D eigenvalue weighted by molar-refractivity contribution is 0.0299. The lowest BCUT2D eigenvalue weighted by atomic mass is 9.98. The molecule has 2 rings (SSSR count). The molecular weight excluding hydrogens is 342 g/mol. The van der Waals surface area contributed by atoms with Crippen molar-refractivity contribution >= 4 is 33.4 Å². The Morgan fingerprint density at radius 2 is 2.10 bits per heavy atom. The highest BCUT2D eigenvalue weighted by molar-refractivity contribution is 9.10. The second kappa shape index (κ2) is 8.01. The molecule has 1 aromatic carbocycles. The Morgan fingerprint density at radius 3 is 2.80 bits per heavy atom. The molecule has 0 heterocycles. The van der Waals surface area contributed by atoms with Crippen LogP contribution in [0.25, 0.3) is 0 Å². The molecule has 0 aromatic heterocycles. The first-order valence-corrected chi connectivity index (χ1v) is 8.19. The van der Waals surface area contributed by atoms with E-state index in [1.165, 1.54) is 19.3 Å². The molecule has 20 heavy (non-hydrogen) atoms. The summed E-state index contributed by atoms with van der Waals surface area (Å²) in [6.45, 7) is 1.10. The fourth-order valence-corrected chi connectivity index (χ4v) is 3.25. The van der Waals surface area contributed by atoms with Crippen molar-refractivity contribution in [1.29, 1.82) is 0 Å². The zero-order valence-corrected chi connectivity index (χ0v) is 13.7. The number of amides is 1. The van der Waals surface area contributed by atoms with Crippen molar-refractivity contribution in [3.8, 4) is 0 Å². The quantitative estimate of drug-likeness (QED) is 0.800. The SMILES string of the molecule is O=C(NCCOC1CCCCC1)c1ccc(Cl)cc1Br. The van der Waals surface area contributed by atoms with Gasteiger partial charge in [0.2, 0.25) is 0 Å².